The van der Waals surface area contributed by atoms with Gasteiger partial charge in [0.2, 0.25) is 6.10 Å². The van der Waals surface area contributed by atoms with Crippen molar-refractivity contribution in [2.75, 3.05) is 0 Å². The summed E-state index contributed by atoms with van der Waals surface area (Å²) in [6, 6.07) is 15.9. The fourth-order valence-corrected chi connectivity index (χ4v) is 1.75. The van der Waals surface area contributed by atoms with E-state index in [-0.39, 0.29) is 0 Å². The maximum absolute atomic E-state index is 11.8. The smallest absolute Gasteiger partial charge is 0.279 e. The van der Waals surface area contributed by atoms with Gasteiger partial charge in [-0.2, -0.15) is 0 Å². The molecule has 0 aliphatic heterocycles. The quantitative estimate of drug-likeness (QED) is 0.512. The van der Waals surface area contributed by atoms with Gasteiger partial charge >= 0.3 is 0 Å². The molecule has 2 rings (SSSR count). The molecule has 1 atom stereocenters. The van der Waals surface area contributed by atoms with Crippen molar-refractivity contribution in [3.63, 3.8) is 0 Å². The zero-order chi connectivity index (χ0) is 13.7. The van der Waals surface area contributed by atoms with Gasteiger partial charge in [-0.1, -0.05) is 41.9 Å². The van der Waals surface area contributed by atoms with Crippen LogP contribution in [0.1, 0.15) is 11.7 Å². The predicted octanol–water partition coefficient (Wildman–Crippen LogP) is 2.45. The van der Waals surface area contributed by atoms with Gasteiger partial charge in [0.1, 0.15) is 5.75 Å². The summed E-state index contributed by atoms with van der Waals surface area (Å²) < 4.78 is 5.66. The molecule has 4 nitrogen and oxygen atoms in total. The molecular formula is C14H13ClN2O2. The van der Waals surface area contributed by atoms with Crippen LogP contribution in [0.25, 0.3) is 0 Å². The largest absolute Gasteiger partial charge is 0.476 e. The number of carbonyl (C=O) groups is 1. The molecule has 0 heterocycles. The molecular weight excluding hydrogens is 264 g/mol. The molecule has 98 valence electrons. The van der Waals surface area contributed by atoms with E-state index < -0.39 is 12.0 Å². The maximum Gasteiger partial charge on any atom is 0.279 e. The van der Waals surface area contributed by atoms with Crippen molar-refractivity contribution in [1.29, 1.82) is 0 Å². The van der Waals surface area contributed by atoms with Crippen molar-refractivity contribution in [1.82, 2.24) is 5.43 Å². The van der Waals surface area contributed by atoms with Crippen molar-refractivity contribution in [3.8, 4) is 5.75 Å². The summed E-state index contributed by atoms with van der Waals surface area (Å²) in [7, 11) is 0. The topological polar surface area (TPSA) is 64.3 Å². The minimum Gasteiger partial charge on any atom is -0.476 e. The van der Waals surface area contributed by atoms with E-state index in [1.54, 1.807) is 36.4 Å². The standard InChI is InChI=1S/C14H13ClN2O2/c15-11-6-8-12(9-7-11)19-13(14(18)17-16)10-4-2-1-3-5-10/h1-9,13H,16H2,(H,17,18). The molecule has 0 aromatic heterocycles. The van der Waals surface area contributed by atoms with E-state index >= 15 is 0 Å². The van der Waals surface area contributed by atoms with Crippen LogP contribution >= 0.6 is 11.6 Å². The van der Waals surface area contributed by atoms with Crippen LogP contribution in [-0.2, 0) is 4.79 Å². The van der Waals surface area contributed by atoms with Crippen molar-refractivity contribution in [2.24, 2.45) is 5.84 Å². The minimum absolute atomic E-state index is 0.416. The van der Waals surface area contributed by atoms with E-state index in [1.165, 1.54) is 0 Å². The number of nitrogens with two attached hydrogens (primary N) is 1. The highest BCUT2D eigenvalue weighted by Crippen LogP contribution is 2.23. The Morgan fingerprint density at radius 2 is 1.74 bits per heavy atom. The number of halogens is 1. The van der Waals surface area contributed by atoms with Crippen LogP contribution in [0, 0.1) is 0 Å². The number of rotatable bonds is 4. The summed E-state index contributed by atoms with van der Waals surface area (Å²) >= 11 is 5.80. The van der Waals surface area contributed by atoms with Crippen molar-refractivity contribution < 1.29 is 9.53 Å². The monoisotopic (exact) mass is 276 g/mol. The maximum atomic E-state index is 11.8. The zero-order valence-corrected chi connectivity index (χ0v) is 10.8. The SMILES string of the molecule is NNC(=O)C(Oc1ccc(Cl)cc1)c1ccccc1. The Morgan fingerprint density at radius 3 is 2.32 bits per heavy atom. The average Bonchev–Trinajstić information content (AvgIpc) is 2.47. The van der Waals surface area contributed by atoms with Crippen LogP contribution in [0.2, 0.25) is 5.02 Å². The molecule has 5 heteroatoms. The molecule has 0 spiro atoms. The summed E-state index contributed by atoms with van der Waals surface area (Å²) in [5.74, 6) is 5.32. The zero-order valence-electron chi connectivity index (χ0n) is 10.0. The summed E-state index contributed by atoms with van der Waals surface area (Å²) in [5, 5.41) is 0.604. The molecule has 0 saturated heterocycles. The minimum atomic E-state index is -0.799. The average molecular weight is 277 g/mol. The van der Waals surface area contributed by atoms with Gasteiger partial charge in [0.25, 0.3) is 5.91 Å². The van der Waals surface area contributed by atoms with Gasteiger partial charge in [0.05, 0.1) is 0 Å². The number of hydrogen-bond donors (Lipinski definition) is 2. The first kappa shape index (κ1) is 13.4. The van der Waals surface area contributed by atoms with Crippen LogP contribution in [0.3, 0.4) is 0 Å². The second-order valence-corrected chi connectivity index (χ2v) is 4.31. The lowest BCUT2D eigenvalue weighted by Crippen LogP contribution is -2.37. The normalized spacial score (nSPS) is 11.7. The summed E-state index contributed by atoms with van der Waals surface area (Å²) in [4.78, 5) is 11.8. The Morgan fingerprint density at radius 1 is 1.11 bits per heavy atom. The Kier molecular flexibility index (Phi) is 4.39. The lowest BCUT2D eigenvalue weighted by Gasteiger charge is -2.17. The highest BCUT2D eigenvalue weighted by Gasteiger charge is 2.21. The fraction of sp³-hybridized carbons (Fsp3) is 0.0714. The third-order valence-electron chi connectivity index (χ3n) is 2.55. The van der Waals surface area contributed by atoms with Crippen LogP contribution in [0.4, 0.5) is 0 Å². The third kappa shape index (κ3) is 3.47. The summed E-state index contributed by atoms with van der Waals surface area (Å²) in [6.07, 6.45) is -0.799. The van der Waals surface area contributed by atoms with E-state index in [1.807, 2.05) is 18.2 Å². The molecule has 0 saturated carbocycles. The highest BCUT2D eigenvalue weighted by atomic mass is 35.5. The van der Waals surface area contributed by atoms with Crippen molar-refractivity contribution in [3.05, 3.63) is 65.2 Å². The number of hydrazine groups is 1. The highest BCUT2D eigenvalue weighted by molar-refractivity contribution is 6.30. The summed E-state index contributed by atoms with van der Waals surface area (Å²) in [6.45, 7) is 0. The van der Waals surface area contributed by atoms with Gasteiger partial charge in [-0.05, 0) is 24.3 Å². The molecule has 19 heavy (non-hydrogen) atoms. The number of benzene rings is 2. The third-order valence-corrected chi connectivity index (χ3v) is 2.80. The van der Waals surface area contributed by atoms with Gasteiger partial charge < -0.3 is 4.74 Å². The first-order valence-electron chi connectivity index (χ1n) is 5.68. The van der Waals surface area contributed by atoms with Crippen LogP contribution in [0.15, 0.2) is 54.6 Å². The van der Waals surface area contributed by atoms with E-state index in [0.29, 0.717) is 10.8 Å². The molecule has 0 aliphatic rings. The van der Waals surface area contributed by atoms with Crippen LogP contribution in [0.5, 0.6) is 5.75 Å². The molecule has 2 aromatic carbocycles. The van der Waals surface area contributed by atoms with Gasteiger partial charge in [-0.15, -0.1) is 0 Å². The Bertz CT molecular complexity index is 543. The van der Waals surface area contributed by atoms with Crippen LogP contribution in [-0.4, -0.2) is 5.91 Å². The van der Waals surface area contributed by atoms with Crippen molar-refractivity contribution in [2.45, 2.75) is 6.10 Å². The van der Waals surface area contributed by atoms with E-state index in [4.69, 9.17) is 22.2 Å². The molecule has 2 aromatic rings. The number of carbonyl (C=O) groups excluding carboxylic acids is 1. The van der Waals surface area contributed by atoms with Gasteiger partial charge in [-0.3, -0.25) is 10.2 Å². The molecule has 1 unspecified atom stereocenters. The number of amides is 1. The first-order valence-corrected chi connectivity index (χ1v) is 6.06. The number of nitrogens with one attached hydrogen (secondary N) is 1. The molecule has 0 fully saturated rings. The second-order valence-electron chi connectivity index (χ2n) is 3.87. The number of hydrogen-bond acceptors (Lipinski definition) is 3. The van der Waals surface area contributed by atoms with Crippen molar-refractivity contribution >= 4 is 17.5 Å². The Balaban J connectivity index is 2.24. The van der Waals surface area contributed by atoms with Gasteiger partial charge in [-0.25, -0.2) is 5.84 Å². The molecule has 0 radical (unpaired) electrons. The van der Waals surface area contributed by atoms with E-state index in [2.05, 4.69) is 5.43 Å². The van der Waals surface area contributed by atoms with Gasteiger partial charge in [0, 0.05) is 10.6 Å². The van der Waals surface area contributed by atoms with E-state index in [9.17, 15) is 4.79 Å². The van der Waals surface area contributed by atoms with E-state index in [0.717, 1.165) is 5.56 Å². The molecule has 0 bridgehead atoms. The predicted molar refractivity (Wildman–Crippen MR) is 73.6 cm³/mol. The Labute approximate surface area is 116 Å². The second kappa shape index (κ2) is 6.22. The lowest BCUT2D eigenvalue weighted by molar-refractivity contribution is -0.128. The van der Waals surface area contributed by atoms with Gasteiger partial charge in [0.15, 0.2) is 0 Å². The molecule has 1 amide bonds. The molecule has 0 aliphatic carbocycles. The lowest BCUT2D eigenvalue weighted by atomic mass is 10.1. The van der Waals surface area contributed by atoms with Crippen LogP contribution < -0.4 is 16.0 Å². The number of ether oxygens (including phenoxy) is 1. The summed E-state index contributed by atoms with van der Waals surface area (Å²) in [5.41, 5.74) is 2.83. The fourth-order valence-electron chi connectivity index (χ4n) is 1.63. The Hall–Kier alpha value is -2.04. The molecule has 3 N–H and O–H groups in total. The first-order chi connectivity index (χ1) is 9.20.